The Labute approximate surface area is 180 Å². The summed E-state index contributed by atoms with van der Waals surface area (Å²) < 4.78 is 13.3. The summed E-state index contributed by atoms with van der Waals surface area (Å²) in [5.74, 6) is 1.70. The van der Waals surface area contributed by atoms with E-state index < -0.39 is 6.09 Å². The van der Waals surface area contributed by atoms with Gasteiger partial charge in [0.15, 0.2) is 5.75 Å². The molecule has 2 aromatic heterocycles. The number of rotatable bonds is 7. The molecule has 162 valence electrons. The summed E-state index contributed by atoms with van der Waals surface area (Å²) in [4.78, 5) is 19.3. The van der Waals surface area contributed by atoms with Crippen molar-refractivity contribution in [1.82, 2.24) is 25.1 Å². The third-order valence-electron chi connectivity index (χ3n) is 5.52. The molecule has 1 amide bonds. The van der Waals surface area contributed by atoms with Crippen molar-refractivity contribution in [3.8, 4) is 28.4 Å². The standard InChI is InChI=1S/C22H25N5O4/c1-30-19-5-3-2-4-18(19)27-12-16(10-25-27)21-20(11-23-14-24-21)31-13-15-6-8-17(9-7-15)26-22(28)29/h2-5,10-12,14-15,17,26H,6-9,13H2,1H3,(H,28,29)/t15-,17+. The quantitative estimate of drug-likeness (QED) is 0.598. The van der Waals surface area contributed by atoms with Crippen molar-refractivity contribution in [2.75, 3.05) is 13.7 Å². The summed E-state index contributed by atoms with van der Waals surface area (Å²) in [5.41, 5.74) is 2.33. The van der Waals surface area contributed by atoms with E-state index in [1.165, 1.54) is 6.33 Å². The molecule has 31 heavy (non-hydrogen) atoms. The maximum Gasteiger partial charge on any atom is 0.404 e. The lowest BCUT2D eigenvalue weighted by atomic mass is 9.86. The van der Waals surface area contributed by atoms with Crippen LogP contribution in [0.1, 0.15) is 25.7 Å². The second-order valence-electron chi connectivity index (χ2n) is 7.56. The molecule has 1 aromatic carbocycles. The second kappa shape index (κ2) is 9.46. The van der Waals surface area contributed by atoms with Crippen LogP contribution in [-0.2, 0) is 0 Å². The lowest BCUT2D eigenvalue weighted by Crippen LogP contribution is -2.37. The SMILES string of the molecule is COc1ccccc1-n1cc(-c2ncncc2OC[C@H]2CC[C@@H](NC(=O)O)CC2)cn1. The summed E-state index contributed by atoms with van der Waals surface area (Å²) in [6.07, 6.45) is 9.30. The van der Waals surface area contributed by atoms with E-state index in [1.54, 1.807) is 24.2 Å². The van der Waals surface area contributed by atoms with Gasteiger partial charge >= 0.3 is 6.09 Å². The van der Waals surface area contributed by atoms with E-state index in [1.807, 2.05) is 30.5 Å². The molecule has 9 nitrogen and oxygen atoms in total. The average molecular weight is 423 g/mol. The van der Waals surface area contributed by atoms with Crippen molar-refractivity contribution in [2.24, 2.45) is 5.92 Å². The van der Waals surface area contributed by atoms with Crippen LogP contribution in [0.4, 0.5) is 4.79 Å². The van der Waals surface area contributed by atoms with Gasteiger partial charge < -0.3 is 19.9 Å². The van der Waals surface area contributed by atoms with Gasteiger partial charge in [0.1, 0.15) is 23.5 Å². The number of carboxylic acid groups (broad SMARTS) is 1. The first kappa shape index (κ1) is 20.6. The van der Waals surface area contributed by atoms with Gasteiger partial charge in [0.25, 0.3) is 0 Å². The summed E-state index contributed by atoms with van der Waals surface area (Å²) in [6, 6.07) is 7.69. The van der Waals surface area contributed by atoms with E-state index in [0.717, 1.165) is 42.7 Å². The van der Waals surface area contributed by atoms with Gasteiger partial charge in [0, 0.05) is 17.8 Å². The molecule has 0 unspecified atom stereocenters. The minimum absolute atomic E-state index is 0.0326. The number of nitrogens with one attached hydrogen (secondary N) is 1. The lowest BCUT2D eigenvalue weighted by Gasteiger charge is -2.28. The molecule has 3 aromatic rings. The molecule has 0 saturated heterocycles. The molecule has 0 aliphatic heterocycles. The van der Waals surface area contributed by atoms with E-state index in [2.05, 4.69) is 20.4 Å². The zero-order valence-electron chi connectivity index (χ0n) is 17.3. The first-order chi connectivity index (χ1) is 15.1. The highest BCUT2D eigenvalue weighted by molar-refractivity contribution is 5.65. The molecule has 1 fully saturated rings. The van der Waals surface area contributed by atoms with Crippen molar-refractivity contribution in [1.29, 1.82) is 0 Å². The minimum atomic E-state index is -0.959. The van der Waals surface area contributed by atoms with Gasteiger partial charge in [-0.05, 0) is 43.7 Å². The molecule has 0 radical (unpaired) electrons. The van der Waals surface area contributed by atoms with Gasteiger partial charge in [-0.15, -0.1) is 0 Å². The molecular weight excluding hydrogens is 398 g/mol. The Hall–Kier alpha value is -3.62. The van der Waals surface area contributed by atoms with Crippen molar-refractivity contribution in [3.05, 3.63) is 49.2 Å². The Morgan fingerprint density at radius 2 is 2.00 bits per heavy atom. The number of aromatic nitrogens is 4. The van der Waals surface area contributed by atoms with Crippen LogP contribution in [0.15, 0.2) is 49.2 Å². The van der Waals surface area contributed by atoms with Gasteiger partial charge in [-0.3, -0.25) is 0 Å². The number of hydrogen-bond acceptors (Lipinski definition) is 6. The average Bonchev–Trinajstić information content (AvgIpc) is 3.28. The fourth-order valence-corrected chi connectivity index (χ4v) is 3.89. The van der Waals surface area contributed by atoms with Gasteiger partial charge in [-0.2, -0.15) is 5.10 Å². The first-order valence-electron chi connectivity index (χ1n) is 10.2. The number of para-hydroxylation sites is 2. The normalized spacial score (nSPS) is 18.4. The van der Waals surface area contributed by atoms with E-state index in [-0.39, 0.29) is 6.04 Å². The third-order valence-corrected chi connectivity index (χ3v) is 5.52. The Bertz CT molecular complexity index is 1030. The molecule has 2 heterocycles. The zero-order chi connectivity index (χ0) is 21.6. The van der Waals surface area contributed by atoms with Crippen LogP contribution in [0, 0.1) is 5.92 Å². The first-order valence-corrected chi connectivity index (χ1v) is 10.2. The predicted molar refractivity (Wildman–Crippen MR) is 114 cm³/mol. The van der Waals surface area contributed by atoms with Gasteiger partial charge in [-0.1, -0.05) is 12.1 Å². The second-order valence-corrected chi connectivity index (χ2v) is 7.56. The number of amides is 1. The molecule has 0 atom stereocenters. The molecule has 2 N–H and O–H groups in total. The number of nitrogens with zero attached hydrogens (tertiary/aromatic N) is 4. The predicted octanol–water partition coefficient (Wildman–Crippen LogP) is 3.54. The Morgan fingerprint density at radius 3 is 2.77 bits per heavy atom. The van der Waals surface area contributed by atoms with Crippen LogP contribution < -0.4 is 14.8 Å². The van der Waals surface area contributed by atoms with Crippen LogP contribution in [0.5, 0.6) is 11.5 Å². The van der Waals surface area contributed by atoms with Crippen LogP contribution >= 0.6 is 0 Å². The highest BCUT2D eigenvalue weighted by Crippen LogP contribution is 2.31. The molecule has 1 saturated carbocycles. The van der Waals surface area contributed by atoms with Crippen molar-refractivity contribution in [3.63, 3.8) is 0 Å². The number of ether oxygens (including phenoxy) is 2. The fraction of sp³-hybridized carbons (Fsp3) is 0.364. The van der Waals surface area contributed by atoms with Crippen LogP contribution in [0.25, 0.3) is 16.9 Å². The van der Waals surface area contributed by atoms with E-state index in [9.17, 15) is 4.79 Å². The Morgan fingerprint density at radius 1 is 1.19 bits per heavy atom. The number of hydrogen-bond donors (Lipinski definition) is 2. The maximum atomic E-state index is 10.8. The van der Waals surface area contributed by atoms with Gasteiger partial charge in [-0.25, -0.2) is 19.4 Å². The molecular formula is C22H25N5O4. The summed E-state index contributed by atoms with van der Waals surface area (Å²) in [7, 11) is 1.63. The van der Waals surface area contributed by atoms with Crippen LogP contribution in [0.3, 0.4) is 0 Å². The molecule has 4 rings (SSSR count). The van der Waals surface area contributed by atoms with Gasteiger partial charge in [0.2, 0.25) is 0 Å². The van der Waals surface area contributed by atoms with Crippen molar-refractivity contribution < 1.29 is 19.4 Å². The highest BCUT2D eigenvalue weighted by atomic mass is 16.5. The third kappa shape index (κ3) is 4.93. The Kier molecular flexibility index (Phi) is 6.30. The number of methoxy groups -OCH3 is 1. The molecule has 0 bridgehead atoms. The number of carbonyl (C=O) groups is 1. The van der Waals surface area contributed by atoms with Gasteiger partial charge in [0.05, 0.1) is 26.1 Å². The lowest BCUT2D eigenvalue weighted by molar-refractivity contribution is 0.169. The smallest absolute Gasteiger partial charge is 0.404 e. The summed E-state index contributed by atoms with van der Waals surface area (Å²) in [5, 5.41) is 15.9. The van der Waals surface area contributed by atoms with Crippen LogP contribution in [0.2, 0.25) is 0 Å². The van der Waals surface area contributed by atoms with Crippen molar-refractivity contribution in [2.45, 2.75) is 31.7 Å². The molecule has 9 heteroatoms. The van der Waals surface area contributed by atoms with E-state index >= 15 is 0 Å². The number of benzene rings is 1. The summed E-state index contributed by atoms with van der Waals surface area (Å²) >= 11 is 0. The van der Waals surface area contributed by atoms with Crippen molar-refractivity contribution >= 4 is 6.09 Å². The van der Waals surface area contributed by atoms with E-state index in [0.29, 0.717) is 24.0 Å². The maximum absolute atomic E-state index is 10.8. The molecule has 1 aliphatic carbocycles. The monoisotopic (exact) mass is 423 g/mol. The molecule has 0 spiro atoms. The minimum Gasteiger partial charge on any atom is -0.494 e. The zero-order valence-corrected chi connectivity index (χ0v) is 17.3. The van der Waals surface area contributed by atoms with E-state index in [4.69, 9.17) is 14.6 Å². The topological polar surface area (TPSA) is 111 Å². The fourth-order valence-electron chi connectivity index (χ4n) is 3.89. The Balaban J connectivity index is 1.44. The largest absolute Gasteiger partial charge is 0.494 e. The van der Waals surface area contributed by atoms with Crippen LogP contribution in [-0.4, -0.2) is 50.7 Å². The molecule has 1 aliphatic rings. The summed E-state index contributed by atoms with van der Waals surface area (Å²) in [6.45, 7) is 0.542. The highest BCUT2D eigenvalue weighted by Gasteiger charge is 2.23.